The lowest BCUT2D eigenvalue weighted by Crippen LogP contribution is -2.38. The number of rotatable bonds is 5. The van der Waals surface area contributed by atoms with Gasteiger partial charge in [-0.1, -0.05) is 36.4 Å². The van der Waals surface area contributed by atoms with Crippen LogP contribution < -0.4 is 0 Å². The quantitative estimate of drug-likeness (QED) is 0.443. The van der Waals surface area contributed by atoms with Crippen LogP contribution >= 0.6 is 0 Å². The van der Waals surface area contributed by atoms with Gasteiger partial charge >= 0.3 is 0 Å². The van der Waals surface area contributed by atoms with Crippen LogP contribution in [0.4, 0.5) is 0 Å². The van der Waals surface area contributed by atoms with E-state index in [0.29, 0.717) is 11.5 Å². The Morgan fingerprint density at radius 3 is 2.77 bits per heavy atom. The van der Waals surface area contributed by atoms with Gasteiger partial charge in [0, 0.05) is 30.9 Å². The molecule has 1 unspecified atom stereocenters. The van der Waals surface area contributed by atoms with E-state index in [9.17, 15) is 4.79 Å². The van der Waals surface area contributed by atoms with Gasteiger partial charge < -0.3 is 9.32 Å². The number of aryl methyl sites for hydroxylation is 2. The number of pyridine rings is 1. The van der Waals surface area contributed by atoms with Crippen molar-refractivity contribution in [3.8, 4) is 0 Å². The maximum atomic E-state index is 13.4. The van der Waals surface area contributed by atoms with E-state index >= 15 is 0 Å². The zero-order chi connectivity index (χ0) is 21.0. The fourth-order valence-electron chi connectivity index (χ4n) is 4.37. The lowest BCUT2D eigenvalue weighted by molar-refractivity contribution is 0.0611. The van der Waals surface area contributed by atoms with Gasteiger partial charge in [-0.2, -0.15) is 0 Å². The first-order valence-electron chi connectivity index (χ1n) is 10.9. The molecule has 1 aliphatic heterocycles. The summed E-state index contributed by atoms with van der Waals surface area (Å²) in [7, 11) is 0. The third-order valence-electron chi connectivity index (χ3n) is 5.98. The van der Waals surface area contributed by atoms with Crippen LogP contribution in [-0.2, 0) is 12.8 Å². The summed E-state index contributed by atoms with van der Waals surface area (Å²) in [5.41, 5.74) is 4.48. The van der Waals surface area contributed by atoms with E-state index in [2.05, 4.69) is 28.2 Å². The lowest BCUT2D eigenvalue weighted by atomic mass is 9.95. The zero-order valence-corrected chi connectivity index (χ0v) is 17.4. The second kappa shape index (κ2) is 8.72. The molecule has 5 heteroatoms. The molecule has 5 rings (SSSR count). The van der Waals surface area contributed by atoms with Crippen LogP contribution in [0.5, 0.6) is 0 Å². The average molecular weight is 412 g/mol. The van der Waals surface area contributed by atoms with Crippen molar-refractivity contribution in [1.82, 2.24) is 14.9 Å². The number of hydrogen-bond acceptors (Lipinski definition) is 4. The largest absolute Gasteiger partial charge is 0.441 e. The van der Waals surface area contributed by atoms with Crippen LogP contribution in [-0.4, -0.2) is 27.3 Å². The van der Waals surface area contributed by atoms with E-state index in [4.69, 9.17) is 4.42 Å². The van der Waals surface area contributed by atoms with E-state index in [-0.39, 0.29) is 11.9 Å². The second-order valence-corrected chi connectivity index (χ2v) is 8.07. The van der Waals surface area contributed by atoms with Gasteiger partial charge in [0.15, 0.2) is 11.5 Å². The van der Waals surface area contributed by atoms with Gasteiger partial charge in [0.05, 0.1) is 6.04 Å². The molecule has 1 aliphatic rings. The molecule has 0 bridgehead atoms. The number of fused-ring (bicyclic) bond motifs is 1. The minimum atomic E-state index is 0.0456. The Hall–Kier alpha value is -3.47. The van der Waals surface area contributed by atoms with Crippen molar-refractivity contribution in [3.63, 3.8) is 0 Å². The predicted octanol–water partition coefficient (Wildman–Crippen LogP) is 5.38. The van der Waals surface area contributed by atoms with Crippen molar-refractivity contribution in [3.05, 3.63) is 95.6 Å². The molecule has 0 spiro atoms. The first kappa shape index (κ1) is 19.5. The van der Waals surface area contributed by atoms with E-state index in [0.717, 1.165) is 55.3 Å². The van der Waals surface area contributed by atoms with E-state index in [1.165, 1.54) is 5.56 Å². The van der Waals surface area contributed by atoms with Crippen molar-refractivity contribution in [2.24, 2.45) is 0 Å². The van der Waals surface area contributed by atoms with Crippen LogP contribution in [0.25, 0.3) is 11.1 Å². The third kappa shape index (κ3) is 4.22. The molecule has 0 N–H and O–H groups in total. The van der Waals surface area contributed by atoms with Gasteiger partial charge in [0.1, 0.15) is 5.52 Å². The number of hydrogen-bond donors (Lipinski definition) is 0. The molecule has 3 heterocycles. The number of amides is 1. The molecule has 2 aromatic heterocycles. The Bertz CT molecular complexity index is 1170. The van der Waals surface area contributed by atoms with Crippen molar-refractivity contribution < 1.29 is 9.21 Å². The fourth-order valence-corrected chi connectivity index (χ4v) is 4.37. The van der Waals surface area contributed by atoms with Crippen molar-refractivity contribution in [1.29, 1.82) is 0 Å². The molecule has 4 aromatic rings. The number of oxazole rings is 1. The summed E-state index contributed by atoms with van der Waals surface area (Å²) < 4.78 is 5.92. The molecule has 1 amide bonds. The lowest BCUT2D eigenvalue weighted by Gasteiger charge is -2.36. The maximum Gasteiger partial charge on any atom is 0.254 e. The minimum absolute atomic E-state index is 0.0456. The number of aromatic nitrogens is 2. The number of piperidine rings is 1. The third-order valence-corrected chi connectivity index (χ3v) is 5.98. The van der Waals surface area contributed by atoms with Gasteiger partial charge in [-0.25, -0.2) is 4.98 Å². The molecule has 1 fully saturated rings. The molecular formula is C26H25N3O2. The van der Waals surface area contributed by atoms with Crippen molar-refractivity contribution in [2.75, 3.05) is 6.54 Å². The first-order valence-corrected chi connectivity index (χ1v) is 10.9. The average Bonchev–Trinajstić information content (AvgIpc) is 3.26. The maximum absolute atomic E-state index is 13.4. The summed E-state index contributed by atoms with van der Waals surface area (Å²) in [5.74, 6) is 0.749. The summed E-state index contributed by atoms with van der Waals surface area (Å²) in [6.45, 7) is 0.761. The van der Waals surface area contributed by atoms with Crippen LogP contribution in [0.2, 0.25) is 0 Å². The summed E-state index contributed by atoms with van der Waals surface area (Å²) in [6.07, 6.45) is 8.36. The van der Waals surface area contributed by atoms with Gasteiger partial charge in [0.2, 0.25) is 0 Å². The second-order valence-electron chi connectivity index (χ2n) is 8.07. The van der Waals surface area contributed by atoms with E-state index in [1.54, 1.807) is 6.20 Å². The number of carbonyl (C=O) groups is 1. The monoisotopic (exact) mass is 411 g/mol. The van der Waals surface area contributed by atoms with Crippen LogP contribution in [0.1, 0.15) is 52.7 Å². The SMILES string of the molecule is O=C(c1ccc2oc(CCc3ccccc3)nc2c1)N1CCCCC1c1cccnc1. The molecule has 0 radical (unpaired) electrons. The van der Waals surface area contributed by atoms with Gasteiger partial charge in [-0.05, 0) is 61.1 Å². The molecule has 0 aliphatic carbocycles. The van der Waals surface area contributed by atoms with Gasteiger partial charge in [-0.15, -0.1) is 0 Å². The normalized spacial score (nSPS) is 16.5. The van der Waals surface area contributed by atoms with E-state index < -0.39 is 0 Å². The highest BCUT2D eigenvalue weighted by Crippen LogP contribution is 2.32. The van der Waals surface area contributed by atoms with E-state index in [1.807, 2.05) is 53.6 Å². The topological polar surface area (TPSA) is 59.2 Å². The minimum Gasteiger partial charge on any atom is -0.441 e. The molecular weight excluding hydrogens is 386 g/mol. The number of carbonyl (C=O) groups excluding carboxylic acids is 1. The first-order chi connectivity index (χ1) is 15.3. The molecule has 1 saturated heterocycles. The molecule has 156 valence electrons. The summed E-state index contributed by atoms with van der Waals surface area (Å²) in [6, 6.07) is 20.0. The van der Waals surface area contributed by atoms with Gasteiger partial charge in [0.25, 0.3) is 5.91 Å². The Morgan fingerprint density at radius 2 is 1.94 bits per heavy atom. The van der Waals surface area contributed by atoms with Crippen molar-refractivity contribution >= 4 is 17.0 Å². The zero-order valence-electron chi connectivity index (χ0n) is 17.4. The van der Waals surface area contributed by atoms with Crippen LogP contribution in [0, 0.1) is 0 Å². The summed E-state index contributed by atoms with van der Waals surface area (Å²) in [5, 5.41) is 0. The Labute approximate surface area is 181 Å². The molecule has 5 nitrogen and oxygen atoms in total. The predicted molar refractivity (Wildman–Crippen MR) is 120 cm³/mol. The fraction of sp³-hybridized carbons (Fsp3) is 0.269. The highest BCUT2D eigenvalue weighted by Gasteiger charge is 2.29. The number of likely N-dealkylation sites (tertiary alicyclic amines) is 1. The highest BCUT2D eigenvalue weighted by molar-refractivity contribution is 5.97. The number of nitrogens with zero attached hydrogens (tertiary/aromatic N) is 3. The van der Waals surface area contributed by atoms with Crippen LogP contribution in [0.15, 0.2) is 77.5 Å². The smallest absolute Gasteiger partial charge is 0.254 e. The number of benzene rings is 2. The van der Waals surface area contributed by atoms with Crippen molar-refractivity contribution in [2.45, 2.75) is 38.1 Å². The highest BCUT2D eigenvalue weighted by atomic mass is 16.3. The van der Waals surface area contributed by atoms with Gasteiger partial charge in [-0.3, -0.25) is 9.78 Å². The Balaban J connectivity index is 1.36. The Kier molecular flexibility index (Phi) is 5.48. The van der Waals surface area contributed by atoms with Crippen LogP contribution in [0.3, 0.4) is 0 Å². The molecule has 31 heavy (non-hydrogen) atoms. The summed E-state index contributed by atoms with van der Waals surface area (Å²) >= 11 is 0. The Morgan fingerprint density at radius 1 is 1.03 bits per heavy atom. The molecule has 1 atom stereocenters. The summed E-state index contributed by atoms with van der Waals surface area (Å²) in [4.78, 5) is 24.3. The molecule has 2 aromatic carbocycles. The molecule has 0 saturated carbocycles. The standard InChI is InChI=1S/C26H25N3O2/c30-26(29-16-5-4-10-23(29)21-9-6-15-27-18-21)20-12-13-24-22(17-20)28-25(31-24)14-11-19-7-2-1-3-8-19/h1-3,6-9,12-13,15,17-18,23H,4-5,10-11,14,16H2.